The van der Waals surface area contributed by atoms with Gasteiger partial charge < -0.3 is 5.11 Å². The van der Waals surface area contributed by atoms with Crippen LogP contribution in [0.15, 0.2) is 24.3 Å². The van der Waals surface area contributed by atoms with Crippen LogP contribution in [0.4, 0.5) is 4.39 Å². The Kier molecular flexibility index (Phi) is 3.74. The lowest BCUT2D eigenvalue weighted by Gasteiger charge is -2.28. The van der Waals surface area contributed by atoms with E-state index < -0.39 is 12.1 Å². The highest BCUT2D eigenvalue weighted by molar-refractivity contribution is 5.87. The Morgan fingerprint density at radius 2 is 1.88 bits per heavy atom. The second-order valence-corrected chi connectivity index (χ2v) is 4.45. The van der Waals surface area contributed by atoms with Gasteiger partial charge in [-0.3, -0.25) is 4.90 Å². The van der Waals surface area contributed by atoms with E-state index in [9.17, 15) is 9.18 Å². The van der Waals surface area contributed by atoms with Crippen LogP contribution < -0.4 is 0 Å². The number of carboxylic acids is 1. The summed E-state index contributed by atoms with van der Waals surface area (Å²) in [6.07, 6.45) is 0.557. The van der Waals surface area contributed by atoms with Crippen molar-refractivity contribution in [1.29, 1.82) is 0 Å². The van der Waals surface area contributed by atoms with Gasteiger partial charge in [0.05, 0.1) is 5.56 Å². The number of halogens is 1. The highest BCUT2D eigenvalue weighted by atomic mass is 19.1. The first-order valence-corrected chi connectivity index (χ1v) is 5.84. The van der Waals surface area contributed by atoms with E-state index in [0.717, 1.165) is 25.2 Å². The molecule has 0 spiro atoms. The van der Waals surface area contributed by atoms with Crippen LogP contribution in [0.1, 0.15) is 28.8 Å². The molecule has 0 saturated carbocycles. The fourth-order valence-electron chi connectivity index (χ4n) is 2.07. The van der Waals surface area contributed by atoms with Crippen molar-refractivity contribution in [3.05, 3.63) is 35.4 Å². The molecule has 4 heteroatoms. The second kappa shape index (κ2) is 5.27. The Labute approximate surface area is 99.9 Å². The number of nitrogens with zero attached hydrogens (tertiary/aromatic N) is 1. The number of rotatable bonds is 3. The average molecular weight is 237 g/mol. The van der Waals surface area contributed by atoms with Crippen molar-refractivity contribution >= 4 is 5.97 Å². The first-order valence-electron chi connectivity index (χ1n) is 5.84. The largest absolute Gasteiger partial charge is 0.478 e. The molecule has 0 aliphatic carbocycles. The fourth-order valence-corrected chi connectivity index (χ4v) is 2.07. The fraction of sp³-hybridized carbons (Fsp3) is 0.462. The number of hydrogen-bond donors (Lipinski definition) is 1. The molecule has 1 aromatic carbocycles. The molecular formula is C13H16FNO2. The molecule has 1 aliphatic heterocycles. The van der Waals surface area contributed by atoms with Gasteiger partial charge in [0.15, 0.2) is 0 Å². The summed E-state index contributed by atoms with van der Waals surface area (Å²) in [6.45, 7) is 2.33. The van der Waals surface area contributed by atoms with Crippen LogP contribution in [0.2, 0.25) is 0 Å². The van der Waals surface area contributed by atoms with Gasteiger partial charge in [-0.2, -0.15) is 0 Å². The van der Waals surface area contributed by atoms with Crippen molar-refractivity contribution in [3.63, 3.8) is 0 Å². The molecule has 92 valence electrons. The minimum Gasteiger partial charge on any atom is -0.478 e. The number of likely N-dealkylation sites (tertiary alicyclic amines) is 1. The van der Waals surface area contributed by atoms with Gasteiger partial charge in [0, 0.05) is 19.6 Å². The summed E-state index contributed by atoms with van der Waals surface area (Å²) in [5.41, 5.74) is 1.38. The number of carbonyl (C=O) groups is 1. The number of piperidine rings is 1. The molecule has 2 rings (SSSR count). The van der Waals surface area contributed by atoms with E-state index in [0.29, 0.717) is 18.4 Å². The van der Waals surface area contributed by atoms with Crippen molar-refractivity contribution in [3.8, 4) is 0 Å². The Morgan fingerprint density at radius 1 is 1.29 bits per heavy atom. The van der Waals surface area contributed by atoms with E-state index >= 15 is 0 Å². The molecule has 3 nitrogen and oxygen atoms in total. The third-order valence-corrected chi connectivity index (χ3v) is 3.12. The molecule has 0 unspecified atom stereocenters. The number of benzene rings is 1. The molecule has 0 radical (unpaired) electrons. The predicted octanol–water partition coefficient (Wildman–Crippen LogP) is 2.32. The van der Waals surface area contributed by atoms with Gasteiger partial charge in [-0.05, 0) is 30.5 Å². The molecule has 17 heavy (non-hydrogen) atoms. The standard InChI is InChI=1S/C13H16FNO2/c14-12-5-7-15(8-6-12)9-10-1-3-11(4-2-10)13(16)17/h1-4,12H,5-9H2,(H,16,17). The lowest BCUT2D eigenvalue weighted by atomic mass is 10.1. The zero-order valence-electron chi connectivity index (χ0n) is 9.60. The molecule has 0 amide bonds. The highest BCUT2D eigenvalue weighted by Gasteiger charge is 2.18. The van der Waals surface area contributed by atoms with Crippen molar-refractivity contribution in [2.45, 2.75) is 25.6 Å². The van der Waals surface area contributed by atoms with Crippen LogP contribution in [0.25, 0.3) is 0 Å². The van der Waals surface area contributed by atoms with Gasteiger partial charge in [0.1, 0.15) is 6.17 Å². The second-order valence-electron chi connectivity index (χ2n) is 4.45. The van der Waals surface area contributed by atoms with E-state index in [4.69, 9.17) is 5.11 Å². The van der Waals surface area contributed by atoms with Gasteiger partial charge in [0.2, 0.25) is 0 Å². The van der Waals surface area contributed by atoms with Crippen molar-refractivity contribution in [2.75, 3.05) is 13.1 Å². The van der Waals surface area contributed by atoms with Crippen LogP contribution >= 0.6 is 0 Å². The maximum Gasteiger partial charge on any atom is 0.335 e. The minimum absolute atomic E-state index is 0.302. The van der Waals surface area contributed by atoms with E-state index in [1.807, 2.05) is 12.1 Å². The zero-order chi connectivity index (χ0) is 12.3. The van der Waals surface area contributed by atoms with Gasteiger partial charge >= 0.3 is 5.97 Å². The Balaban J connectivity index is 1.92. The van der Waals surface area contributed by atoms with Crippen LogP contribution in [-0.4, -0.2) is 35.2 Å². The maximum atomic E-state index is 12.9. The van der Waals surface area contributed by atoms with E-state index in [1.54, 1.807) is 12.1 Å². The Morgan fingerprint density at radius 3 is 2.41 bits per heavy atom. The summed E-state index contributed by atoms with van der Waals surface area (Å²) in [5, 5.41) is 8.77. The molecular weight excluding hydrogens is 221 g/mol. The summed E-state index contributed by atoms with van der Waals surface area (Å²) in [6, 6.07) is 6.87. The molecule has 0 aromatic heterocycles. The number of hydrogen-bond acceptors (Lipinski definition) is 2. The number of carboxylic acid groups (broad SMARTS) is 1. The van der Waals surface area contributed by atoms with Crippen LogP contribution in [0.5, 0.6) is 0 Å². The van der Waals surface area contributed by atoms with Gasteiger partial charge in [0.25, 0.3) is 0 Å². The van der Waals surface area contributed by atoms with E-state index in [1.165, 1.54) is 0 Å². The first-order chi connectivity index (χ1) is 8.15. The molecule has 1 fully saturated rings. The van der Waals surface area contributed by atoms with E-state index in [-0.39, 0.29) is 0 Å². The van der Waals surface area contributed by atoms with Crippen molar-refractivity contribution < 1.29 is 14.3 Å². The topological polar surface area (TPSA) is 40.5 Å². The molecule has 1 aromatic rings. The Hall–Kier alpha value is -1.42. The molecule has 1 saturated heterocycles. The van der Waals surface area contributed by atoms with Crippen LogP contribution in [0.3, 0.4) is 0 Å². The zero-order valence-corrected chi connectivity index (χ0v) is 9.60. The van der Waals surface area contributed by atoms with Crippen molar-refractivity contribution in [1.82, 2.24) is 4.90 Å². The normalized spacial score (nSPS) is 18.2. The molecule has 1 heterocycles. The lowest BCUT2D eigenvalue weighted by molar-refractivity contribution is 0.0697. The van der Waals surface area contributed by atoms with Gasteiger partial charge in [-0.15, -0.1) is 0 Å². The molecule has 1 N–H and O–H groups in total. The highest BCUT2D eigenvalue weighted by Crippen LogP contribution is 2.16. The quantitative estimate of drug-likeness (QED) is 0.877. The number of alkyl halides is 1. The molecule has 0 bridgehead atoms. The van der Waals surface area contributed by atoms with Crippen LogP contribution in [0, 0.1) is 0 Å². The summed E-state index contributed by atoms with van der Waals surface area (Å²) < 4.78 is 12.9. The smallest absolute Gasteiger partial charge is 0.335 e. The average Bonchev–Trinajstić information content (AvgIpc) is 2.33. The van der Waals surface area contributed by atoms with E-state index in [2.05, 4.69) is 4.90 Å². The first kappa shape index (κ1) is 12.0. The summed E-state index contributed by atoms with van der Waals surface area (Å²) in [5.74, 6) is -0.908. The third-order valence-electron chi connectivity index (χ3n) is 3.12. The number of aromatic carboxylic acids is 1. The maximum absolute atomic E-state index is 12.9. The summed E-state index contributed by atoms with van der Waals surface area (Å²) in [4.78, 5) is 12.9. The Bertz CT molecular complexity index is 383. The van der Waals surface area contributed by atoms with Crippen molar-refractivity contribution in [2.24, 2.45) is 0 Å². The SMILES string of the molecule is O=C(O)c1ccc(CN2CCC(F)CC2)cc1. The van der Waals surface area contributed by atoms with Gasteiger partial charge in [-0.25, -0.2) is 9.18 Å². The van der Waals surface area contributed by atoms with Gasteiger partial charge in [-0.1, -0.05) is 12.1 Å². The summed E-state index contributed by atoms with van der Waals surface area (Å²) in [7, 11) is 0. The third kappa shape index (κ3) is 3.27. The van der Waals surface area contributed by atoms with Crippen LogP contribution in [-0.2, 0) is 6.54 Å². The minimum atomic E-state index is -0.908. The molecule has 1 aliphatic rings. The molecule has 0 atom stereocenters. The summed E-state index contributed by atoms with van der Waals surface area (Å²) >= 11 is 0. The monoisotopic (exact) mass is 237 g/mol. The predicted molar refractivity (Wildman–Crippen MR) is 62.8 cm³/mol. The lowest BCUT2D eigenvalue weighted by Crippen LogP contribution is -2.33.